The molecule has 3 nitrogen and oxygen atoms in total. The summed E-state index contributed by atoms with van der Waals surface area (Å²) in [4.78, 5) is 11.2. The third-order valence-corrected chi connectivity index (χ3v) is 4.28. The lowest BCUT2D eigenvalue weighted by Crippen LogP contribution is -2.47. The monoisotopic (exact) mass is 247 g/mol. The van der Waals surface area contributed by atoms with Gasteiger partial charge in [-0.1, -0.05) is 38.1 Å². The first-order valence-electron chi connectivity index (χ1n) is 6.42. The number of hydrogen-bond donors (Lipinski definition) is 2. The van der Waals surface area contributed by atoms with Crippen LogP contribution in [-0.2, 0) is 15.7 Å². The van der Waals surface area contributed by atoms with E-state index in [9.17, 15) is 9.90 Å². The number of carbonyl (C=O) groups is 1. The van der Waals surface area contributed by atoms with Gasteiger partial charge in [0.1, 0.15) is 0 Å². The average molecular weight is 247 g/mol. The third kappa shape index (κ3) is 2.03. The van der Waals surface area contributed by atoms with Gasteiger partial charge in [0, 0.05) is 0 Å². The van der Waals surface area contributed by atoms with E-state index in [4.69, 9.17) is 0 Å². The van der Waals surface area contributed by atoms with E-state index in [2.05, 4.69) is 31.3 Å². The summed E-state index contributed by atoms with van der Waals surface area (Å²) in [5, 5.41) is 12.4. The SMILES string of the molecule is CNC1(CC(=O)O)CCC(C)(C)c2ccccc21. The number of carboxylic acid groups (broad SMARTS) is 1. The smallest absolute Gasteiger partial charge is 0.305 e. The molecule has 0 aromatic heterocycles. The van der Waals surface area contributed by atoms with Crippen LogP contribution in [0.3, 0.4) is 0 Å². The maximum Gasteiger partial charge on any atom is 0.305 e. The Kier molecular flexibility index (Phi) is 3.20. The van der Waals surface area contributed by atoms with Crippen LogP contribution in [0.4, 0.5) is 0 Å². The molecule has 18 heavy (non-hydrogen) atoms. The fourth-order valence-electron chi connectivity index (χ4n) is 3.08. The van der Waals surface area contributed by atoms with Crippen LogP contribution in [0.5, 0.6) is 0 Å². The normalized spacial score (nSPS) is 25.5. The molecule has 0 fully saturated rings. The Hall–Kier alpha value is -1.35. The van der Waals surface area contributed by atoms with Crippen LogP contribution in [-0.4, -0.2) is 18.1 Å². The minimum Gasteiger partial charge on any atom is -0.481 e. The molecule has 0 aliphatic heterocycles. The second-order valence-corrected chi connectivity index (χ2v) is 5.83. The van der Waals surface area contributed by atoms with Crippen molar-refractivity contribution >= 4 is 5.97 Å². The van der Waals surface area contributed by atoms with Crippen LogP contribution in [0, 0.1) is 0 Å². The van der Waals surface area contributed by atoms with Crippen molar-refractivity contribution in [1.29, 1.82) is 0 Å². The van der Waals surface area contributed by atoms with E-state index in [1.165, 1.54) is 5.56 Å². The Balaban J connectivity index is 2.56. The van der Waals surface area contributed by atoms with Gasteiger partial charge in [0.25, 0.3) is 0 Å². The van der Waals surface area contributed by atoms with Crippen LogP contribution in [0.1, 0.15) is 44.2 Å². The number of rotatable bonds is 3. The molecule has 3 heteroatoms. The van der Waals surface area contributed by atoms with Gasteiger partial charge in [-0.2, -0.15) is 0 Å². The molecule has 2 N–H and O–H groups in total. The first-order valence-corrected chi connectivity index (χ1v) is 6.42. The van der Waals surface area contributed by atoms with Gasteiger partial charge in [-0.15, -0.1) is 0 Å². The van der Waals surface area contributed by atoms with Crippen molar-refractivity contribution in [2.75, 3.05) is 7.05 Å². The van der Waals surface area contributed by atoms with Crippen molar-refractivity contribution in [3.8, 4) is 0 Å². The van der Waals surface area contributed by atoms with Crippen molar-refractivity contribution < 1.29 is 9.90 Å². The van der Waals surface area contributed by atoms with Gasteiger partial charge < -0.3 is 10.4 Å². The highest BCUT2D eigenvalue weighted by Gasteiger charge is 2.42. The Bertz CT molecular complexity index is 467. The van der Waals surface area contributed by atoms with E-state index in [1.54, 1.807) is 0 Å². The first-order chi connectivity index (χ1) is 8.41. The molecule has 0 amide bonds. The molecular weight excluding hydrogens is 226 g/mol. The van der Waals surface area contributed by atoms with Gasteiger partial charge in [0.15, 0.2) is 0 Å². The maximum atomic E-state index is 11.2. The summed E-state index contributed by atoms with van der Waals surface area (Å²) in [5.41, 5.74) is 2.12. The van der Waals surface area contributed by atoms with Crippen LogP contribution >= 0.6 is 0 Å². The molecule has 0 saturated carbocycles. The standard InChI is InChI=1S/C15H21NO2/c1-14(2)8-9-15(16-3,10-13(17)18)12-7-5-4-6-11(12)14/h4-7,16H,8-10H2,1-3H3,(H,17,18). The number of fused-ring (bicyclic) bond motifs is 1. The molecule has 1 unspecified atom stereocenters. The van der Waals surface area contributed by atoms with Gasteiger partial charge in [0.05, 0.1) is 12.0 Å². The van der Waals surface area contributed by atoms with Crippen LogP contribution < -0.4 is 5.32 Å². The molecule has 2 rings (SSSR count). The van der Waals surface area contributed by atoms with Gasteiger partial charge >= 0.3 is 5.97 Å². The van der Waals surface area contributed by atoms with Gasteiger partial charge in [-0.25, -0.2) is 0 Å². The van der Waals surface area contributed by atoms with Crippen LogP contribution in [0.15, 0.2) is 24.3 Å². The lowest BCUT2D eigenvalue weighted by Gasteiger charge is -2.44. The summed E-state index contributed by atoms with van der Waals surface area (Å²) in [6.45, 7) is 4.46. The fourth-order valence-corrected chi connectivity index (χ4v) is 3.08. The quantitative estimate of drug-likeness (QED) is 0.863. The molecule has 0 heterocycles. The summed E-state index contributed by atoms with van der Waals surface area (Å²) in [7, 11) is 1.86. The van der Waals surface area contributed by atoms with E-state index in [0.29, 0.717) is 0 Å². The van der Waals surface area contributed by atoms with Crippen LogP contribution in [0.2, 0.25) is 0 Å². The molecule has 0 spiro atoms. The summed E-state index contributed by atoms with van der Waals surface area (Å²) < 4.78 is 0. The van der Waals surface area contributed by atoms with Crippen molar-refractivity contribution in [2.45, 2.75) is 44.1 Å². The molecule has 1 aliphatic rings. The lowest BCUT2D eigenvalue weighted by molar-refractivity contribution is -0.139. The zero-order valence-electron chi connectivity index (χ0n) is 11.3. The van der Waals surface area contributed by atoms with Crippen molar-refractivity contribution in [3.05, 3.63) is 35.4 Å². The molecule has 0 bridgehead atoms. The number of aliphatic carboxylic acids is 1. The second-order valence-electron chi connectivity index (χ2n) is 5.83. The summed E-state index contributed by atoms with van der Waals surface area (Å²) in [5.74, 6) is -0.751. The molecule has 1 aliphatic carbocycles. The molecular formula is C15H21NO2. The Labute approximate surface area is 108 Å². The zero-order chi connectivity index (χ0) is 13.4. The Morgan fingerprint density at radius 2 is 1.89 bits per heavy atom. The summed E-state index contributed by atoms with van der Waals surface area (Å²) in [6.07, 6.45) is 1.99. The van der Waals surface area contributed by atoms with E-state index in [0.717, 1.165) is 18.4 Å². The van der Waals surface area contributed by atoms with Crippen molar-refractivity contribution in [2.24, 2.45) is 0 Å². The maximum absolute atomic E-state index is 11.2. The summed E-state index contributed by atoms with van der Waals surface area (Å²) >= 11 is 0. The second kappa shape index (κ2) is 4.39. The molecule has 1 aromatic rings. The number of nitrogens with one attached hydrogen (secondary N) is 1. The Morgan fingerprint density at radius 1 is 1.28 bits per heavy atom. The first kappa shape index (κ1) is 13.1. The van der Waals surface area contributed by atoms with Crippen LogP contribution in [0.25, 0.3) is 0 Å². The van der Waals surface area contributed by atoms with E-state index in [-0.39, 0.29) is 11.8 Å². The fraction of sp³-hybridized carbons (Fsp3) is 0.533. The Morgan fingerprint density at radius 3 is 2.44 bits per heavy atom. The van der Waals surface area contributed by atoms with E-state index < -0.39 is 11.5 Å². The van der Waals surface area contributed by atoms with Crippen molar-refractivity contribution in [1.82, 2.24) is 5.32 Å². The predicted molar refractivity (Wildman–Crippen MR) is 71.7 cm³/mol. The zero-order valence-corrected chi connectivity index (χ0v) is 11.3. The summed E-state index contributed by atoms with van der Waals surface area (Å²) in [6, 6.07) is 8.22. The highest BCUT2D eigenvalue weighted by molar-refractivity contribution is 5.69. The number of carboxylic acids is 1. The largest absolute Gasteiger partial charge is 0.481 e. The molecule has 98 valence electrons. The van der Waals surface area contributed by atoms with Crippen molar-refractivity contribution in [3.63, 3.8) is 0 Å². The van der Waals surface area contributed by atoms with E-state index in [1.807, 2.05) is 19.2 Å². The molecule has 1 atom stereocenters. The third-order valence-electron chi connectivity index (χ3n) is 4.28. The predicted octanol–water partition coefficient (Wildman–Crippen LogP) is 2.65. The lowest BCUT2D eigenvalue weighted by atomic mass is 9.64. The highest BCUT2D eigenvalue weighted by atomic mass is 16.4. The molecule has 0 radical (unpaired) electrons. The average Bonchev–Trinajstić information content (AvgIpc) is 2.33. The minimum atomic E-state index is -0.751. The number of hydrogen-bond acceptors (Lipinski definition) is 2. The van der Waals surface area contributed by atoms with Gasteiger partial charge in [-0.05, 0) is 36.4 Å². The topological polar surface area (TPSA) is 49.3 Å². The van der Waals surface area contributed by atoms with E-state index >= 15 is 0 Å². The molecule has 0 saturated heterocycles. The minimum absolute atomic E-state index is 0.120. The number of benzene rings is 1. The van der Waals surface area contributed by atoms with Gasteiger partial charge in [-0.3, -0.25) is 4.79 Å². The molecule has 1 aromatic carbocycles. The highest BCUT2D eigenvalue weighted by Crippen LogP contribution is 2.45. The van der Waals surface area contributed by atoms with Gasteiger partial charge in [0.2, 0.25) is 0 Å².